The van der Waals surface area contributed by atoms with Crippen molar-refractivity contribution < 1.29 is 5.11 Å². The van der Waals surface area contributed by atoms with E-state index in [0.717, 1.165) is 19.6 Å². The first kappa shape index (κ1) is 14.4. The van der Waals surface area contributed by atoms with E-state index in [2.05, 4.69) is 41.4 Å². The van der Waals surface area contributed by atoms with Gasteiger partial charge in [0.2, 0.25) is 0 Å². The quantitative estimate of drug-likeness (QED) is 0.792. The van der Waals surface area contributed by atoms with E-state index < -0.39 is 0 Å². The van der Waals surface area contributed by atoms with E-state index in [4.69, 9.17) is 0 Å². The van der Waals surface area contributed by atoms with Gasteiger partial charge in [0.1, 0.15) is 0 Å². The Kier molecular flexibility index (Phi) is 5.67. The van der Waals surface area contributed by atoms with Crippen LogP contribution >= 0.6 is 0 Å². The molecule has 0 aromatic heterocycles. The van der Waals surface area contributed by atoms with E-state index in [1.54, 1.807) is 0 Å². The van der Waals surface area contributed by atoms with Crippen LogP contribution < -0.4 is 10.2 Å². The Morgan fingerprint density at radius 3 is 2.68 bits per heavy atom. The van der Waals surface area contributed by atoms with Crippen molar-refractivity contribution in [1.29, 1.82) is 0 Å². The minimum absolute atomic E-state index is 0.228. The molecule has 2 rings (SSSR count). The van der Waals surface area contributed by atoms with Gasteiger partial charge in [0.15, 0.2) is 0 Å². The third-order valence-electron chi connectivity index (χ3n) is 3.97. The number of anilines is 1. The van der Waals surface area contributed by atoms with Crippen LogP contribution in [0.1, 0.15) is 38.2 Å². The maximum atomic E-state index is 9.37. The predicted molar refractivity (Wildman–Crippen MR) is 80.5 cm³/mol. The van der Waals surface area contributed by atoms with Gasteiger partial charge in [-0.15, -0.1) is 0 Å². The highest BCUT2D eigenvalue weighted by molar-refractivity contribution is 5.54. The minimum Gasteiger partial charge on any atom is -0.395 e. The van der Waals surface area contributed by atoms with E-state index in [9.17, 15) is 5.11 Å². The molecule has 0 heterocycles. The Morgan fingerprint density at radius 2 is 2.00 bits per heavy atom. The molecule has 0 spiro atoms. The normalized spacial score (nSPS) is 15.9. The molecule has 1 fully saturated rings. The van der Waals surface area contributed by atoms with Gasteiger partial charge in [-0.1, -0.05) is 38.0 Å². The fourth-order valence-corrected chi connectivity index (χ4v) is 3.02. The lowest BCUT2D eigenvalue weighted by atomic mass is 10.1. The van der Waals surface area contributed by atoms with E-state index in [1.807, 2.05) is 0 Å². The zero-order valence-electron chi connectivity index (χ0n) is 11.9. The molecule has 1 aliphatic carbocycles. The molecule has 0 aliphatic heterocycles. The van der Waals surface area contributed by atoms with E-state index >= 15 is 0 Å². The highest BCUT2D eigenvalue weighted by Gasteiger charge is 2.23. The third kappa shape index (κ3) is 3.71. The van der Waals surface area contributed by atoms with Crippen molar-refractivity contribution in [3.8, 4) is 0 Å². The van der Waals surface area contributed by atoms with Crippen LogP contribution in [-0.2, 0) is 6.54 Å². The molecule has 0 saturated heterocycles. The number of hydrogen-bond acceptors (Lipinski definition) is 3. The van der Waals surface area contributed by atoms with Gasteiger partial charge < -0.3 is 15.3 Å². The van der Waals surface area contributed by atoms with Crippen LogP contribution in [-0.4, -0.2) is 30.8 Å². The second kappa shape index (κ2) is 7.51. The first-order chi connectivity index (χ1) is 9.36. The summed E-state index contributed by atoms with van der Waals surface area (Å²) in [6.45, 7) is 4.99. The Bertz CT molecular complexity index is 375. The number of para-hydroxylation sites is 1. The lowest BCUT2D eigenvalue weighted by Crippen LogP contribution is -2.36. The van der Waals surface area contributed by atoms with E-state index in [-0.39, 0.29) is 6.61 Å². The van der Waals surface area contributed by atoms with Crippen LogP contribution in [0.4, 0.5) is 5.69 Å². The highest BCUT2D eigenvalue weighted by atomic mass is 16.3. The van der Waals surface area contributed by atoms with Crippen molar-refractivity contribution >= 4 is 5.69 Å². The number of hydrogen-bond donors (Lipinski definition) is 2. The molecule has 0 radical (unpaired) electrons. The van der Waals surface area contributed by atoms with Crippen molar-refractivity contribution in [1.82, 2.24) is 5.32 Å². The van der Waals surface area contributed by atoms with Gasteiger partial charge in [0, 0.05) is 24.8 Å². The molecule has 0 atom stereocenters. The van der Waals surface area contributed by atoms with Crippen molar-refractivity contribution in [2.45, 2.75) is 45.2 Å². The van der Waals surface area contributed by atoms with Crippen LogP contribution in [0.25, 0.3) is 0 Å². The maximum Gasteiger partial charge on any atom is 0.0606 e. The summed E-state index contributed by atoms with van der Waals surface area (Å²) in [7, 11) is 0. The molecule has 0 amide bonds. The molecule has 1 aliphatic rings. The second-order valence-corrected chi connectivity index (χ2v) is 5.26. The van der Waals surface area contributed by atoms with Crippen LogP contribution in [0.5, 0.6) is 0 Å². The number of nitrogens with zero attached hydrogens (tertiary/aromatic N) is 1. The number of benzene rings is 1. The molecule has 2 N–H and O–H groups in total. The topological polar surface area (TPSA) is 35.5 Å². The van der Waals surface area contributed by atoms with Crippen molar-refractivity contribution in [2.24, 2.45) is 0 Å². The van der Waals surface area contributed by atoms with Crippen LogP contribution in [0.3, 0.4) is 0 Å². The predicted octanol–water partition coefficient (Wildman–Crippen LogP) is 2.54. The molecule has 19 heavy (non-hydrogen) atoms. The highest BCUT2D eigenvalue weighted by Crippen LogP contribution is 2.30. The molecule has 106 valence electrons. The Hall–Kier alpha value is -1.06. The first-order valence-electron chi connectivity index (χ1n) is 7.53. The van der Waals surface area contributed by atoms with Crippen molar-refractivity contribution in [3.05, 3.63) is 29.8 Å². The van der Waals surface area contributed by atoms with Gasteiger partial charge in [0.05, 0.1) is 6.61 Å². The average molecular weight is 262 g/mol. The SMILES string of the molecule is CCNCc1ccccc1N(CCO)C1CCCC1. The van der Waals surface area contributed by atoms with Crippen LogP contribution in [0.2, 0.25) is 0 Å². The molecule has 1 aromatic rings. The molecule has 1 aromatic carbocycles. The third-order valence-corrected chi connectivity index (χ3v) is 3.97. The summed E-state index contributed by atoms with van der Waals surface area (Å²) in [5, 5.41) is 12.8. The first-order valence-corrected chi connectivity index (χ1v) is 7.53. The van der Waals surface area contributed by atoms with Gasteiger partial charge in [0.25, 0.3) is 0 Å². The summed E-state index contributed by atoms with van der Waals surface area (Å²) in [4.78, 5) is 2.42. The number of aliphatic hydroxyl groups is 1. The molecule has 0 bridgehead atoms. The average Bonchev–Trinajstić information content (AvgIpc) is 2.97. The van der Waals surface area contributed by atoms with Gasteiger partial charge in [-0.2, -0.15) is 0 Å². The summed E-state index contributed by atoms with van der Waals surface area (Å²) in [5.41, 5.74) is 2.63. The van der Waals surface area contributed by atoms with E-state index in [0.29, 0.717) is 6.04 Å². The standard InChI is InChI=1S/C16H26N2O/c1-2-17-13-14-7-3-6-10-16(14)18(11-12-19)15-8-4-5-9-15/h3,6-7,10,15,17,19H,2,4-5,8-9,11-13H2,1H3. The fraction of sp³-hybridized carbons (Fsp3) is 0.625. The summed E-state index contributed by atoms with van der Waals surface area (Å²) < 4.78 is 0. The lowest BCUT2D eigenvalue weighted by Gasteiger charge is -2.32. The van der Waals surface area contributed by atoms with Crippen molar-refractivity contribution in [2.75, 3.05) is 24.6 Å². The fourth-order valence-electron chi connectivity index (χ4n) is 3.02. The summed E-state index contributed by atoms with van der Waals surface area (Å²) in [6.07, 6.45) is 5.16. The van der Waals surface area contributed by atoms with Crippen molar-refractivity contribution in [3.63, 3.8) is 0 Å². The molecular weight excluding hydrogens is 236 g/mol. The molecule has 1 saturated carbocycles. The maximum absolute atomic E-state index is 9.37. The summed E-state index contributed by atoms with van der Waals surface area (Å²) >= 11 is 0. The van der Waals surface area contributed by atoms with Crippen LogP contribution in [0, 0.1) is 0 Å². The largest absolute Gasteiger partial charge is 0.395 e. The van der Waals surface area contributed by atoms with E-state index in [1.165, 1.54) is 36.9 Å². The van der Waals surface area contributed by atoms with Crippen LogP contribution in [0.15, 0.2) is 24.3 Å². The Labute approximate surface area is 116 Å². The lowest BCUT2D eigenvalue weighted by molar-refractivity contribution is 0.297. The smallest absolute Gasteiger partial charge is 0.0606 e. The zero-order chi connectivity index (χ0) is 13.5. The zero-order valence-corrected chi connectivity index (χ0v) is 11.9. The molecular formula is C16H26N2O. The van der Waals surface area contributed by atoms with Gasteiger partial charge >= 0.3 is 0 Å². The molecule has 3 nitrogen and oxygen atoms in total. The number of nitrogens with one attached hydrogen (secondary N) is 1. The Morgan fingerprint density at radius 1 is 1.26 bits per heavy atom. The minimum atomic E-state index is 0.228. The van der Waals surface area contributed by atoms with Gasteiger partial charge in [-0.05, 0) is 31.0 Å². The molecule has 0 unspecified atom stereocenters. The second-order valence-electron chi connectivity index (χ2n) is 5.26. The van der Waals surface area contributed by atoms with Gasteiger partial charge in [-0.25, -0.2) is 0 Å². The summed E-state index contributed by atoms with van der Waals surface area (Å²) in [6, 6.07) is 9.19. The Balaban J connectivity index is 2.19. The molecule has 3 heteroatoms. The van der Waals surface area contributed by atoms with Gasteiger partial charge in [-0.3, -0.25) is 0 Å². The number of rotatable bonds is 7. The summed E-state index contributed by atoms with van der Waals surface area (Å²) in [5.74, 6) is 0. The number of aliphatic hydroxyl groups excluding tert-OH is 1. The monoisotopic (exact) mass is 262 g/mol.